The van der Waals surface area contributed by atoms with Crippen LogP contribution in [0.4, 0.5) is 0 Å². The Hall–Kier alpha value is -0.120. The fraction of sp³-hybridized carbons (Fsp3) is 1.00. The van der Waals surface area contributed by atoms with Gasteiger partial charge in [-0.05, 0) is 0 Å². The van der Waals surface area contributed by atoms with E-state index in [-0.39, 0.29) is 0 Å². The second kappa shape index (κ2) is 3.91. The van der Waals surface area contributed by atoms with Gasteiger partial charge in [0.2, 0.25) is 0 Å². The smallest absolute Gasteiger partial charge is 0.0720 e. The average Bonchev–Trinajstić information content (AvgIpc) is 2.05. The predicted molar refractivity (Wildman–Crippen MR) is 39.1 cm³/mol. The summed E-state index contributed by atoms with van der Waals surface area (Å²) in [5.41, 5.74) is 0. The Kier molecular flexibility index (Phi) is 3.12. The van der Waals surface area contributed by atoms with Crippen molar-refractivity contribution >= 4 is 0 Å². The zero-order valence-electron chi connectivity index (χ0n) is 6.59. The average molecular weight is 145 g/mol. The molecule has 1 aliphatic heterocycles. The Morgan fingerprint density at radius 1 is 1.10 bits per heavy atom. The zero-order valence-corrected chi connectivity index (χ0v) is 6.59. The lowest BCUT2D eigenvalue weighted by Gasteiger charge is -2.27. The van der Waals surface area contributed by atoms with Gasteiger partial charge in [0.15, 0.2) is 0 Å². The van der Waals surface area contributed by atoms with Gasteiger partial charge in [0.05, 0.1) is 12.2 Å². The van der Waals surface area contributed by atoms with Gasteiger partial charge in [-0.2, -0.15) is 0 Å². The Morgan fingerprint density at radius 2 is 1.60 bits per heavy atom. The maximum Gasteiger partial charge on any atom is 0.0720 e. The van der Waals surface area contributed by atoms with Gasteiger partial charge in [-0.25, -0.2) is 0 Å². The number of hydrogen-bond acceptors (Lipinski definition) is 3. The Morgan fingerprint density at radius 3 is 2.00 bits per heavy atom. The maximum atomic E-state index is 5.18. The van der Waals surface area contributed by atoms with Crippen molar-refractivity contribution in [2.75, 3.05) is 27.3 Å². The van der Waals surface area contributed by atoms with Gasteiger partial charge in [0, 0.05) is 33.7 Å². The van der Waals surface area contributed by atoms with Gasteiger partial charge in [0.1, 0.15) is 0 Å². The van der Waals surface area contributed by atoms with E-state index in [2.05, 4.69) is 5.32 Å². The van der Waals surface area contributed by atoms with Crippen molar-refractivity contribution in [3.05, 3.63) is 0 Å². The summed E-state index contributed by atoms with van der Waals surface area (Å²) in [5.74, 6) is 0. The summed E-state index contributed by atoms with van der Waals surface area (Å²) in [7, 11) is 3.48. The van der Waals surface area contributed by atoms with Crippen LogP contribution in [0.15, 0.2) is 0 Å². The molecule has 0 amide bonds. The summed E-state index contributed by atoms with van der Waals surface area (Å²) in [6, 6.07) is 0. The molecular formula is C7H15NO2. The molecule has 0 bridgehead atoms. The van der Waals surface area contributed by atoms with E-state index in [9.17, 15) is 0 Å². The summed E-state index contributed by atoms with van der Waals surface area (Å²) < 4.78 is 10.4. The summed E-state index contributed by atoms with van der Waals surface area (Å²) in [6.07, 6.45) is 1.68. The van der Waals surface area contributed by atoms with E-state index >= 15 is 0 Å². The standard InChI is InChI=1S/C7H15NO2/c1-9-6-3-7(10-2)5-8-4-6/h6-8H,3-5H2,1-2H3/t6-,7+. The number of rotatable bonds is 2. The number of ether oxygens (including phenoxy) is 2. The number of methoxy groups -OCH3 is 2. The van der Waals surface area contributed by atoms with Crippen LogP contribution in [0.3, 0.4) is 0 Å². The zero-order chi connectivity index (χ0) is 7.40. The Balaban J connectivity index is 2.25. The van der Waals surface area contributed by atoms with Gasteiger partial charge >= 0.3 is 0 Å². The van der Waals surface area contributed by atoms with Gasteiger partial charge in [-0.3, -0.25) is 0 Å². The highest BCUT2D eigenvalue weighted by Crippen LogP contribution is 2.07. The van der Waals surface area contributed by atoms with Crippen molar-refractivity contribution in [1.29, 1.82) is 0 Å². The Bertz CT molecular complexity index is 87.6. The molecule has 10 heavy (non-hydrogen) atoms. The predicted octanol–water partition coefficient (Wildman–Crippen LogP) is 0.00970. The molecule has 3 heteroatoms. The first-order chi connectivity index (χ1) is 4.86. The summed E-state index contributed by atoms with van der Waals surface area (Å²) in [5, 5.41) is 3.24. The lowest BCUT2D eigenvalue weighted by molar-refractivity contribution is 0.00126. The number of hydrogen-bond donors (Lipinski definition) is 1. The van der Waals surface area contributed by atoms with Crippen LogP contribution in [0, 0.1) is 0 Å². The monoisotopic (exact) mass is 145 g/mol. The van der Waals surface area contributed by atoms with E-state index in [1.165, 1.54) is 0 Å². The van der Waals surface area contributed by atoms with E-state index in [1.807, 2.05) is 0 Å². The molecule has 2 atom stereocenters. The third-order valence-electron chi connectivity index (χ3n) is 1.94. The second-order valence-electron chi connectivity index (χ2n) is 2.61. The fourth-order valence-corrected chi connectivity index (χ4v) is 1.22. The van der Waals surface area contributed by atoms with Crippen LogP contribution >= 0.6 is 0 Å². The molecule has 0 aromatic carbocycles. The van der Waals surface area contributed by atoms with Crippen LogP contribution in [-0.2, 0) is 9.47 Å². The first kappa shape index (κ1) is 7.98. The van der Waals surface area contributed by atoms with Crippen molar-refractivity contribution in [2.45, 2.75) is 18.6 Å². The first-order valence-electron chi connectivity index (χ1n) is 3.63. The van der Waals surface area contributed by atoms with Crippen molar-refractivity contribution in [3.8, 4) is 0 Å². The highest BCUT2D eigenvalue weighted by atomic mass is 16.5. The van der Waals surface area contributed by atoms with E-state index in [0.717, 1.165) is 19.5 Å². The quantitative estimate of drug-likeness (QED) is 0.593. The van der Waals surface area contributed by atoms with Crippen LogP contribution in [0.25, 0.3) is 0 Å². The van der Waals surface area contributed by atoms with Crippen LogP contribution in [0.2, 0.25) is 0 Å². The van der Waals surface area contributed by atoms with E-state index < -0.39 is 0 Å². The fourth-order valence-electron chi connectivity index (χ4n) is 1.22. The number of piperidine rings is 1. The normalized spacial score (nSPS) is 34.2. The van der Waals surface area contributed by atoms with Gasteiger partial charge in [0.25, 0.3) is 0 Å². The molecule has 1 rings (SSSR count). The molecule has 0 spiro atoms. The molecule has 3 nitrogen and oxygen atoms in total. The minimum atomic E-state index is 0.332. The van der Waals surface area contributed by atoms with Crippen molar-refractivity contribution in [1.82, 2.24) is 5.32 Å². The highest BCUT2D eigenvalue weighted by molar-refractivity contribution is 4.76. The molecule has 1 heterocycles. The summed E-state index contributed by atoms with van der Waals surface area (Å²) in [4.78, 5) is 0. The third kappa shape index (κ3) is 1.94. The molecule has 1 fully saturated rings. The van der Waals surface area contributed by atoms with Crippen molar-refractivity contribution in [3.63, 3.8) is 0 Å². The largest absolute Gasteiger partial charge is 0.380 e. The number of nitrogens with one attached hydrogen (secondary N) is 1. The summed E-state index contributed by atoms with van der Waals surface area (Å²) in [6.45, 7) is 1.91. The molecule has 0 aromatic heterocycles. The van der Waals surface area contributed by atoms with Crippen LogP contribution in [0.5, 0.6) is 0 Å². The van der Waals surface area contributed by atoms with Crippen molar-refractivity contribution < 1.29 is 9.47 Å². The van der Waals surface area contributed by atoms with Gasteiger partial charge in [-0.1, -0.05) is 0 Å². The molecule has 60 valence electrons. The van der Waals surface area contributed by atoms with Gasteiger partial charge < -0.3 is 14.8 Å². The topological polar surface area (TPSA) is 30.5 Å². The van der Waals surface area contributed by atoms with E-state index in [1.54, 1.807) is 14.2 Å². The molecule has 0 unspecified atom stereocenters. The molecule has 1 N–H and O–H groups in total. The molecule has 0 saturated carbocycles. The molecular weight excluding hydrogens is 130 g/mol. The van der Waals surface area contributed by atoms with E-state index in [4.69, 9.17) is 9.47 Å². The van der Waals surface area contributed by atoms with Gasteiger partial charge in [-0.15, -0.1) is 0 Å². The second-order valence-corrected chi connectivity index (χ2v) is 2.61. The molecule has 0 aliphatic carbocycles. The van der Waals surface area contributed by atoms with Crippen LogP contribution in [-0.4, -0.2) is 39.5 Å². The molecule has 1 saturated heterocycles. The first-order valence-corrected chi connectivity index (χ1v) is 3.63. The lowest BCUT2D eigenvalue weighted by atomic mass is 10.1. The minimum Gasteiger partial charge on any atom is -0.380 e. The van der Waals surface area contributed by atoms with Crippen molar-refractivity contribution in [2.24, 2.45) is 0 Å². The molecule has 0 aromatic rings. The third-order valence-corrected chi connectivity index (χ3v) is 1.94. The summed E-state index contributed by atoms with van der Waals surface area (Å²) >= 11 is 0. The maximum absolute atomic E-state index is 5.18. The SMILES string of the molecule is CO[C@@H]1CNC[C@H](OC)C1. The Labute approximate surface area is 61.7 Å². The minimum absolute atomic E-state index is 0.332. The van der Waals surface area contributed by atoms with Crippen LogP contribution in [0.1, 0.15) is 6.42 Å². The molecule has 1 aliphatic rings. The lowest BCUT2D eigenvalue weighted by Crippen LogP contribution is -2.43. The van der Waals surface area contributed by atoms with E-state index in [0.29, 0.717) is 12.2 Å². The molecule has 0 radical (unpaired) electrons. The highest BCUT2D eigenvalue weighted by Gasteiger charge is 2.20. The van der Waals surface area contributed by atoms with Crippen LogP contribution < -0.4 is 5.32 Å².